The molecule has 5 nitrogen and oxygen atoms in total. The van der Waals surface area contributed by atoms with Crippen LogP contribution in [0.3, 0.4) is 0 Å². The van der Waals surface area contributed by atoms with Crippen LogP contribution in [-0.2, 0) is 14.3 Å². The fourth-order valence-electron chi connectivity index (χ4n) is 1.91. The lowest BCUT2D eigenvalue weighted by Crippen LogP contribution is -2.61. The predicted molar refractivity (Wildman–Crippen MR) is 64.2 cm³/mol. The van der Waals surface area contributed by atoms with E-state index in [0.29, 0.717) is 25.2 Å². The van der Waals surface area contributed by atoms with E-state index in [2.05, 4.69) is 10.1 Å². The zero-order chi connectivity index (χ0) is 13.1. The van der Waals surface area contributed by atoms with Gasteiger partial charge in [-0.15, -0.1) is 0 Å². The van der Waals surface area contributed by atoms with E-state index >= 15 is 0 Å². The zero-order valence-electron chi connectivity index (χ0n) is 10.8. The van der Waals surface area contributed by atoms with Crippen LogP contribution in [0.5, 0.6) is 0 Å². The molecule has 1 aliphatic carbocycles. The van der Waals surface area contributed by atoms with E-state index < -0.39 is 17.6 Å². The minimum atomic E-state index is -0.775. The second kappa shape index (κ2) is 5.49. The van der Waals surface area contributed by atoms with Gasteiger partial charge in [0.1, 0.15) is 6.04 Å². The highest BCUT2D eigenvalue weighted by Crippen LogP contribution is 2.29. The number of ether oxygens (including phenoxy) is 1. The van der Waals surface area contributed by atoms with Crippen LogP contribution in [-0.4, -0.2) is 30.6 Å². The van der Waals surface area contributed by atoms with E-state index in [1.165, 1.54) is 7.11 Å². The summed E-state index contributed by atoms with van der Waals surface area (Å²) in [4.78, 5) is 23.5. The van der Waals surface area contributed by atoms with Gasteiger partial charge in [-0.1, -0.05) is 13.8 Å². The molecule has 3 N–H and O–H groups in total. The van der Waals surface area contributed by atoms with Gasteiger partial charge in [0.2, 0.25) is 5.91 Å². The van der Waals surface area contributed by atoms with Crippen molar-refractivity contribution in [3.63, 3.8) is 0 Å². The van der Waals surface area contributed by atoms with Gasteiger partial charge < -0.3 is 15.8 Å². The first-order chi connectivity index (χ1) is 7.89. The second-order valence-corrected chi connectivity index (χ2v) is 5.19. The van der Waals surface area contributed by atoms with Crippen molar-refractivity contribution in [2.24, 2.45) is 11.7 Å². The van der Waals surface area contributed by atoms with Crippen LogP contribution in [0.4, 0.5) is 0 Å². The first-order valence-corrected chi connectivity index (χ1v) is 6.06. The van der Waals surface area contributed by atoms with Crippen molar-refractivity contribution in [2.45, 2.75) is 51.1 Å². The molecule has 1 rings (SSSR count). The Hall–Kier alpha value is -1.10. The summed E-state index contributed by atoms with van der Waals surface area (Å²) in [6.45, 7) is 3.98. The monoisotopic (exact) mass is 242 g/mol. The number of methoxy groups -OCH3 is 1. The van der Waals surface area contributed by atoms with Crippen molar-refractivity contribution >= 4 is 11.9 Å². The van der Waals surface area contributed by atoms with Crippen molar-refractivity contribution in [2.75, 3.05) is 7.11 Å². The molecule has 0 saturated heterocycles. The standard InChI is InChI=1S/C12H22N2O3/c1-8(2)7-9(10(15)17-3)14-11(16)12(13)5-4-6-12/h8-9H,4-7,13H2,1-3H3,(H,14,16). The number of hydrogen-bond acceptors (Lipinski definition) is 4. The number of carbonyl (C=O) groups excluding carboxylic acids is 2. The molecule has 1 aliphatic rings. The molecular formula is C12H22N2O3. The number of amides is 1. The fourth-order valence-corrected chi connectivity index (χ4v) is 1.91. The topological polar surface area (TPSA) is 81.4 Å². The Bertz CT molecular complexity index is 298. The summed E-state index contributed by atoms with van der Waals surface area (Å²) in [6.07, 6.45) is 2.91. The molecule has 1 unspecified atom stereocenters. The molecule has 0 radical (unpaired) electrons. The van der Waals surface area contributed by atoms with Gasteiger partial charge in [-0.25, -0.2) is 4.79 Å². The zero-order valence-corrected chi connectivity index (χ0v) is 10.8. The van der Waals surface area contributed by atoms with Crippen molar-refractivity contribution < 1.29 is 14.3 Å². The van der Waals surface area contributed by atoms with E-state index in [1.54, 1.807) is 0 Å². The molecule has 0 spiro atoms. The van der Waals surface area contributed by atoms with E-state index in [9.17, 15) is 9.59 Å². The molecule has 5 heteroatoms. The summed E-state index contributed by atoms with van der Waals surface area (Å²) in [5.74, 6) is -0.343. The van der Waals surface area contributed by atoms with Crippen LogP contribution in [0, 0.1) is 5.92 Å². The quantitative estimate of drug-likeness (QED) is 0.691. The number of nitrogens with two attached hydrogens (primary N) is 1. The van der Waals surface area contributed by atoms with Crippen LogP contribution in [0.1, 0.15) is 39.5 Å². The van der Waals surface area contributed by atoms with Gasteiger partial charge in [-0.3, -0.25) is 4.79 Å². The summed E-state index contributed by atoms with van der Waals surface area (Å²) in [5, 5.41) is 2.70. The van der Waals surface area contributed by atoms with Crippen molar-refractivity contribution in [1.82, 2.24) is 5.32 Å². The highest BCUT2D eigenvalue weighted by Gasteiger charge is 2.41. The highest BCUT2D eigenvalue weighted by atomic mass is 16.5. The normalized spacial score (nSPS) is 19.4. The number of carbonyl (C=O) groups is 2. The predicted octanol–water partition coefficient (Wildman–Crippen LogP) is 0.572. The smallest absolute Gasteiger partial charge is 0.328 e. The molecule has 0 aliphatic heterocycles. The molecule has 0 aromatic carbocycles. The molecule has 0 aromatic heterocycles. The molecule has 0 aromatic rings. The number of esters is 1. The Morgan fingerprint density at radius 1 is 1.41 bits per heavy atom. The maximum absolute atomic E-state index is 11.9. The summed E-state index contributed by atoms with van der Waals surface area (Å²) < 4.78 is 4.68. The van der Waals surface area contributed by atoms with Gasteiger partial charge in [0.05, 0.1) is 12.6 Å². The Kier molecular flexibility index (Phi) is 4.51. The SMILES string of the molecule is COC(=O)C(CC(C)C)NC(=O)C1(N)CCC1. The number of rotatable bonds is 5. The first-order valence-electron chi connectivity index (χ1n) is 6.06. The molecule has 98 valence electrons. The molecule has 1 amide bonds. The van der Waals surface area contributed by atoms with E-state index in [1.807, 2.05) is 13.8 Å². The average molecular weight is 242 g/mol. The molecule has 17 heavy (non-hydrogen) atoms. The molecule has 1 fully saturated rings. The van der Waals surface area contributed by atoms with Crippen molar-refractivity contribution in [3.8, 4) is 0 Å². The third-order valence-electron chi connectivity index (χ3n) is 3.20. The number of hydrogen-bond donors (Lipinski definition) is 2. The van der Waals surface area contributed by atoms with Crippen LogP contribution in [0.25, 0.3) is 0 Å². The van der Waals surface area contributed by atoms with Crippen LogP contribution < -0.4 is 11.1 Å². The van der Waals surface area contributed by atoms with Gasteiger partial charge >= 0.3 is 5.97 Å². The summed E-state index contributed by atoms with van der Waals surface area (Å²) in [7, 11) is 1.32. The lowest BCUT2D eigenvalue weighted by molar-refractivity contribution is -0.146. The van der Waals surface area contributed by atoms with Crippen LogP contribution >= 0.6 is 0 Å². The molecule has 1 saturated carbocycles. The Balaban J connectivity index is 2.59. The first kappa shape index (κ1) is 14.0. The van der Waals surface area contributed by atoms with Gasteiger partial charge in [0.25, 0.3) is 0 Å². The second-order valence-electron chi connectivity index (χ2n) is 5.19. The maximum atomic E-state index is 11.9. The Morgan fingerprint density at radius 3 is 2.35 bits per heavy atom. The molecular weight excluding hydrogens is 220 g/mol. The van der Waals surface area contributed by atoms with E-state index in [4.69, 9.17) is 5.73 Å². The van der Waals surface area contributed by atoms with Crippen molar-refractivity contribution in [3.05, 3.63) is 0 Å². The van der Waals surface area contributed by atoms with E-state index in [0.717, 1.165) is 6.42 Å². The third kappa shape index (κ3) is 3.43. The summed E-state index contributed by atoms with van der Waals surface area (Å²) in [6, 6.07) is -0.589. The lowest BCUT2D eigenvalue weighted by Gasteiger charge is -2.37. The van der Waals surface area contributed by atoms with E-state index in [-0.39, 0.29) is 5.91 Å². The fraction of sp³-hybridized carbons (Fsp3) is 0.833. The third-order valence-corrected chi connectivity index (χ3v) is 3.20. The van der Waals surface area contributed by atoms with Gasteiger partial charge in [0, 0.05) is 0 Å². The Labute approximate surface area is 102 Å². The van der Waals surface area contributed by atoms with Gasteiger partial charge in [-0.2, -0.15) is 0 Å². The molecule has 1 atom stereocenters. The average Bonchev–Trinajstić information content (AvgIpc) is 2.22. The molecule has 0 heterocycles. The lowest BCUT2D eigenvalue weighted by atomic mass is 9.77. The summed E-state index contributed by atoms with van der Waals surface area (Å²) in [5.41, 5.74) is 5.13. The largest absolute Gasteiger partial charge is 0.467 e. The summed E-state index contributed by atoms with van der Waals surface area (Å²) >= 11 is 0. The maximum Gasteiger partial charge on any atom is 0.328 e. The van der Waals surface area contributed by atoms with Crippen LogP contribution in [0.2, 0.25) is 0 Å². The van der Waals surface area contributed by atoms with Crippen molar-refractivity contribution in [1.29, 1.82) is 0 Å². The highest BCUT2D eigenvalue weighted by molar-refractivity contribution is 5.91. The molecule has 0 bridgehead atoms. The van der Waals surface area contributed by atoms with Gasteiger partial charge in [-0.05, 0) is 31.6 Å². The van der Waals surface area contributed by atoms with Gasteiger partial charge in [0.15, 0.2) is 0 Å². The minimum absolute atomic E-state index is 0.236. The number of nitrogens with one attached hydrogen (secondary N) is 1. The minimum Gasteiger partial charge on any atom is -0.467 e. The van der Waals surface area contributed by atoms with Crippen LogP contribution in [0.15, 0.2) is 0 Å². The Morgan fingerprint density at radius 2 is 2.00 bits per heavy atom.